The first-order valence-electron chi connectivity index (χ1n) is 5.97. The molecule has 1 aromatic carbocycles. The van der Waals surface area contributed by atoms with Gasteiger partial charge >= 0.3 is 0 Å². The number of thiophene rings is 1. The molecule has 1 aromatic heterocycles. The predicted molar refractivity (Wildman–Crippen MR) is 88.7 cm³/mol. The van der Waals surface area contributed by atoms with E-state index in [0.29, 0.717) is 4.34 Å². The maximum Gasteiger partial charge on any atom is 0.0995 e. The molecule has 2 aromatic rings. The fraction of sp³-hybridized carbons (Fsp3) is 0.286. The minimum atomic E-state index is 0.0521. The molecule has 0 saturated heterocycles. The lowest BCUT2D eigenvalue weighted by molar-refractivity contribution is 0.630. The second-order valence-electron chi connectivity index (χ2n) is 4.30. The van der Waals surface area contributed by atoms with Crippen molar-refractivity contribution in [2.45, 2.75) is 19.9 Å². The molecule has 1 atom stereocenters. The van der Waals surface area contributed by atoms with Crippen molar-refractivity contribution in [1.29, 1.82) is 0 Å². The summed E-state index contributed by atoms with van der Waals surface area (Å²) in [7, 11) is 0. The van der Waals surface area contributed by atoms with E-state index in [2.05, 4.69) is 53.3 Å². The topological polar surface area (TPSA) is 12.0 Å². The van der Waals surface area contributed by atoms with Gasteiger partial charge in [-0.25, -0.2) is 0 Å². The van der Waals surface area contributed by atoms with E-state index in [4.69, 9.17) is 23.2 Å². The van der Waals surface area contributed by atoms with E-state index in [9.17, 15) is 0 Å². The Morgan fingerprint density at radius 3 is 2.53 bits per heavy atom. The Kier molecular flexibility index (Phi) is 5.32. The van der Waals surface area contributed by atoms with Crippen molar-refractivity contribution in [2.75, 3.05) is 6.54 Å². The van der Waals surface area contributed by atoms with Gasteiger partial charge in [0.15, 0.2) is 0 Å². The van der Waals surface area contributed by atoms with Gasteiger partial charge in [-0.3, -0.25) is 0 Å². The summed E-state index contributed by atoms with van der Waals surface area (Å²) >= 11 is 17.4. The van der Waals surface area contributed by atoms with Crippen molar-refractivity contribution in [3.05, 3.63) is 54.1 Å². The Balaban J connectivity index is 2.48. The van der Waals surface area contributed by atoms with Crippen LogP contribution in [0.15, 0.2) is 28.7 Å². The average molecular weight is 379 g/mol. The molecular formula is C14H14BrCl2NS. The van der Waals surface area contributed by atoms with E-state index in [1.165, 1.54) is 22.5 Å². The highest BCUT2D eigenvalue weighted by atomic mass is 79.9. The van der Waals surface area contributed by atoms with E-state index < -0.39 is 0 Å². The highest BCUT2D eigenvalue weighted by molar-refractivity contribution is 9.10. The monoisotopic (exact) mass is 377 g/mol. The Hall–Kier alpha value is -0.0600. The largest absolute Gasteiger partial charge is 0.306 e. The van der Waals surface area contributed by atoms with Crippen LogP contribution in [0.25, 0.3) is 0 Å². The molecule has 1 heterocycles. The van der Waals surface area contributed by atoms with Crippen LogP contribution in [0.3, 0.4) is 0 Å². The molecule has 1 N–H and O–H groups in total. The number of hydrogen-bond donors (Lipinski definition) is 1. The molecule has 0 amide bonds. The minimum Gasteiger partial charge on any atom is -0.306 e. The SMILES string of the molecule is CCNC(c1ccc(C)cc1Br)c1cc(Cl)sc1Cl. The van der Waals surface area contributed by atoms with Crippen LogP contribution in [0.5, 0.6) is 0 Å². The fourth-order valence-corrected chi connectivity index (χ4v) is 4.26. The number of halogens is 3. The van der Waals surface area contributed by atoms with Gasteiger partial charge in [0.1, 0.15) is 0 Å². The molecule has 0 radical (unpaired) electrons. The third kappa shape index (κ3) is 3.53. The predicted octanol–water partition coefficient (Wildman–Crippen LogP) is 5.82. The minimum absolute atomic E-state index is 0.0521. The third-order valence-electron chi connectivity index (χ3n) is 2.87. The molecule has 0 fully saturated rings. The summed E-state index contributed by atoms with van der Waals surface area (Å²) in [6.45, 7) is 5.01. The first-order chi connectivity index (χ1) is 9.02. The van der Waals surface area contributed by atoms with E-state index in [1.807, 2.05) is 6.07 Å². The van der Waals surface area contributed by atoms with Crippen LogP contribution in [0, 0.1) is 6.92 Å². The molecule has 1 unspecified atom stereocenters. The Morgan fingerprint density at radius 1 is 1.26 bits per heavy atom. The summed E-state index contributed by atoms with van der Waals surface area (Å²) in [4.78, 5) is 0. The van der Waals surface area contributed by atoms with Gasteiger partial charge in [0.2, 0.25) is 0 Å². The van der Waals surface area contributed by atoms with E-state index >= 15 is 0 Å². The zero-order valence-electron chi connectivity index (χ0n) is 10.6. The van der Waals surface area contributed by atoms with E-state index in [1.54, 1.807) is 0 Å². The first-order valence-corrected chi connectivity index (χ1v) is 8.33. The van der Waals surface area contributed by atoms with Crippen LogP contribution in [0.1, 0.15) is 29.7 Å². The average Bonchev–Trinajstić information content (AvgIpc) is 2.66. The van der Waals surface area contributed by atoms with Crippen LogP contribution < -0.4 is 5.32 Å². The molecule has 1 nitrogen and oxygen atoms in total. The Bertz CT molecular complexity index is 583. The molecule has 2 rings (SSSR count). The van der Waals surface area contributed by atoms with Crippen molar-refractivity contribution in [2.24, 2.45) is 0 Å². The van der Waals surface area contributed by atoms with Crippen molar-refractivity contribution in [3.63, 3.8) is 0 Å². The standard InChI is InChI=1S/C14H14BrCl2NS/c1-3-18-13(10-7-12(16)19-14(10)17)9-5-4-8(2)6-11(9)15/h4-7,13,18H,3H2,1-2H3. The van der Waals surface area contributed by atoms with Gasteiger partial charge in [-0.05, 0) is 36.7 Å². The van der Waals surface area contributed by atoms with Crippen molar-refractivity contribution in [1.82, 2.24) is 5.32 Å². The second kappa shape index (κ2) is 6.59. The lowest BCUT2D eigenvalue weighted by Gasteiger charge is -2.20. The van der Waals surface area contributed by atoms with Crippen molar-refractivity contribution < 1.29 is 0 Å². The molecule has 19 heavy (non-hydrogen) atoms. The van der Waals surface area contributed by atoms with Gasteiger partial charge < -0.3 is 5.32 Å². The van der Waals surface area contributed by atoms with Gasteiger partial charge in [-0.15, -0.1) is 11.3 Å². The summed E-state index contributed by atoms with van der Waals surface area (Å²) in [5.74, 6) is 0. The maximum atomic E-state index is 6.29. The number of nitrogens with one attached hydrogen (secondary N) is 1. The number of hydrogen-bond acceptors (Lipinski definition) is 2. The van der Waals surface area contributed by atoms with Gasteiger partial charge in [0.25, 0.3) is 0 Å². The maximum absolute atomic E-state index is 6.29. The molecule has 5 heteroatoms. The molecule has 0 bridgehead atoms. The summed E-state index contributed by atoms with van der Waals surface area (Å²) < 4.78 is 2.53. The third-order valence-corrected chi connectivity index (χ3v) is 5.07. The number of benzene rings is 1. The van der Waals surface area contributed by atoms with Gasteiger partial charge in [-0.2, -0.15) is 0 Å². The quantitative estimate of drug-likeness (QED) is 0.706. The zero-order valence-corrected chi connectivity index (χ0v) is 14.6. The van der Waals surface area contributed by atoms with Crippen LogP contribution in [-0.4, -0.2) is 6.54 Å². The van der Waals surface area contributed by atoms with Crippen LogP contribution in [0.4, 0.5) is 0 Å². The van der Waals surface area contributed by atoms with Crippen LogP contribution >= 0.6 is 50.5 Å². The summed E-state index contributed by atoms with van der Waals surface area (Å²) in [6.07, 6.45) is 0. The van der Waals surface area contributed by atoms with Gasteiger partial charge in [-0.1, -0.05) is 58.2 Å². The molecular weight excluding hydrogens is 365 g/mol. The number of rotatable bonds is 4. The van der Waals surface area contributed by atoms with E-state index in [0.717, 1.165) is 20.9 Å². The lowest BCUT2D eigenvalue weighted by atomic mass is 10.00. The lowest BCUT2D eigenvalue weighted by Crippen LogP contribution is -2.22. The molecule has 102 valence electrons. The fourth-order valence-electron chi connectivity index (χ4n) is 2.01. The van der Waals surface area contributed by atoms with Crippen molar-refractivity contribution >= 4 is 50.5 Å². The smallest absolute Gasteiger partial charge is 0.0995 e. The summed E-state index contributed by atoms with van der Waals surface area (Å²) in [5, 5.41) is 3.46. The van der Waals surface area contributed by atoms with Crippen LogP contribution in [0.2, 0.25) is 8.67 Å². The first kappa shape index (κ1) is 15.3. The summed E-state index contributed by atoms with van der Waals surface area (Å²) in [5.41, 5.74) is 3.42. The highest BCUT2D eigenvalue weighted by Crippen LogP contribution is 2.39. The molecule has 0 aliphatic heterocycles. The van der Waals surface area contributed by atoms with Crippen LogP contribution in [-0.2, 0) is 0 Å². The normalized spacial score (nSPS) is 12.7. The highest BCUT2D eigenvalue weighted by Gasteiger charge is 2.20. The Labute approximate surface area is 136 Å². The zero-order chi connectivity index (χ0) is 14.0. The molecule has 0 aliphatic rings. The molecule has 0 aliphatic carbocycles. The summed E-state index contributed by atoms with van der Waals surface area (Å²) in [6, 6.07) is 8.33. The second-order valence-corrected chi connectivity index (χ2v) is 7.44. The van der Waals surface area contributed by atoms with E-state index in [-0.39, 0.29) is 6.04 Å². The van der Waals surface area contributed by atoms with Crippen molar-refractivity contribution in [3.8, 4) is 0 Å². The number of aryl methyl sites for hydroxylation is 1. The molecule has 0 spiro atoms. The van der Waals surface area contributed by atoms with Gasteiger partial charge in [0, 0.05) is 10.0 Å². The van der Waals surface area contributed by atoms with Gasteiger partial charge in [0.05, 0.1) is 14.7 Å². The Morgan fingerprint density at radius 2 is 2.00 bits per heavy atom. The molecule has 0 saturated carbocycles.